The summed E-state index contributed by atoms with van der Waals surface area (Å²) in [4.78, 5) is 22.7. The van der Waals surface area contributed by atoms with Gasteiger partial charge in [0.25, 0.3) is 0 Å². The molecule has 0 fully saturated rings. The molecule has 2 N–H and O–H groups in total. The van der Waals surface area contributed by atoms with Gasteiger partial charge in [0, 0.05) is 13.0 Å². The molecular formula is C19H21NO4. The molecular weight excluding hydrogens is 306 g/mol. The second-order valence-electron chi connectivity index (χ2n) is 5.41. The Morgan fingerprint density at radius 1 is 1.04 bits per heavy atom. The van der Waals surface area contributed by atoms with E-state index < -0.39 is 5.97 Å². The maximum atomic E-state index is 11.9. The largest absolute Gasteiger partial charge is 0.496 e. The minimum absolute atomic E-state index is 0.0111. The molecule has 0 radical (unpaired) electrons. The third-order valence-electron chi connectivity index (χ3n) is 3.75. The Labute approximate surface area is 141 Å². The smallest absolute Gasteiger partial charge is 0.335 e. The number of methoxy groups -OCH3 is 1. The monoisotopic (exact) mass is 327 g/mol. The van der Waals surface area contributed by atoms with Crippen molar-refractivity contribution in [2.24, 2.45) is 0 Å². The van der Waals surface area contributed by atoms with Crippen LogP contribution in [0.2, 0.25) is 0 Å². The third-order valence-corrected chi connectivity index (χ3v) is 3.75. The number of para-hydroxylation sites is 1. The highest BCUT2D eigenvalue weighted by atomic mass is 16.5. The second-order valence-corrected chi connectivity index (χ2v) is 5.41. The first kappa shape index (κ1) is 17.5. The molecule has 2 aromatic carbocycles. The topological polar surface area (TPSA) is 75.6 Å². The SMILES string of the molecule is COc1ccccc1CCC(=O)NCCc1ccc(C(=O)O)cc1. The van der Waals surface area contributed by atoms with Gasteiger partial charge >= 0.3 is 5.97 Å². The van der Waals surface area contributed by atoms with E-state index >= 15 is 0 Å². The van der Waals surface area contributed by atoms with Gasteiger partial charge in [0.05, 0.1) is 12.7 Å². The molecule has 1 amide bonds. The summed E-state index contributed by atoms with van der Waals surface area (Å²) in [5.74, 6) is -0.155. The minimum Gasteiger partial charge on any atom is -0.496 e. The molecule has 0 bridgehead atoms. The van der Waals surface area contributed by atoms with E-state index in [1.807, 2.05) is 24.3 Å². The number of benzene rings is 2. The lowest BCUT2D eigenvalue weighted by molar-refractivity contribution is -0.121. The quantitative estimate of drug-likeness (QED) is 0.781. The van der Waals surface area contributed by atoms with Crippen LogP contribution < -0.4 is 10.1 Å². The number of carboxylic acid groups (broad SMARTS) is 1. The van der Waals surface area contributed by atoms with Gasteiger partial charge in [-0.1, -0.05) is 30.3 Å². The van der Waals surface area contributed by atoms with Crippen LogP contribution in [0.25, 0.3) is 0 Å². The molecule has 5 heteroatoms. The third kappa shape index (κ3) is 5.12. The zero-order chi connectivity index (χ0) is 17.4. The fourth-order valence-electron chi connectivity index (χ4n) is 2.41. The molecule has 0 spiro atoms. The highest BCUT2D eigenvalue weighted by molar-refractivity contribution is 5.87. The van der Waals surface area contributed by atoms with E-state index in [9.17, 15) is 9.59 Å². The van der Waals surface area contributed by atoms with Crippen molar-refractivity contribution in [1.82, 2.24) is 5.32 Å². The molecule has 0 saturated heterocycles. The van der Waals surface area contributed by atoms with Crippen LogP contribution in [0.4, 0.5) is 0 Å². The Hall–Kier alpha value is -2.82. The molecule has 0 aliphatic rings. The summed E-state index contributed by atoms with van der Waals surface area (Å²) in [6.45, 7) is 0.525. The van der Waals surface area contributed by atoms with E-state index in [1.54, 1.807) is 31.4 Å². The molecule has 24 heavy (non-hydrogen) atoms. The van der Waals surface area contributed by atoms with Gasteiger partial charge in [0.15, 0.2) is 0 Å². The Morgan fingerprint density at radius 3 is 2.42 bits per heavy atom. The van der Waals surface area contributed by atoms with Gasteiger partial charge in [-0.2, -0.15) is 0 Å². The van der Waals surface area contributed by atoms with E-state index in [2.05, 4.69) is 5.32 Å². The van der Waals surface area contributed by atoms with Crippen molar-refractivity contribution in [3.8, 4) is 5.75 Å². The van der Waals surface area contributed by atoms with Crippen LogP contribution in [0.3, 0.4) is 0 Å². The number of carboxylic acids is 1. The first-order valence-corrected chi connectivity index (χ1v) is 7.81. The van der Waals surface area contributed by atoms with Crippen molar-refractivity contribution >= 4 is 11.9 Å². The van der Waals surface area contributed by atoms with Crippen molar-refractivity contribution in [3.63, 3.8) is 0 Å². The summed E-state index contributed by atoms with van der Waals surface area (Å²) in [5.41, 5.74) is 2.27. The number of aromatic carboxylic acids is 1. The van der Waals surface area contributed by atoms with Crippen molar-refractivity contribution in [1.29, 1.82) is 0 Å². The number of carbonyl (C=O) groups excluding carboxylic acids is 1. The van der Waals surface area contributed by atoms with E-state index in [-0.39, 0.29) is 11.5 Å². The lowest BCUT2D eigenvalue weighted by atomic mass is 10.1. The number of nitrogens with one attached hydrogen (secondary N) is 1. The van der Waals surface area contributed by atoms with Crippen LogP contribution >= 0.6 is 0 Å². The van der Waals surface area contributed by atoms with Gasteiger partial charge in [0.2, 0.25) is 5.91 Å². The fourth-order valence-corrected chi connectivity index (χ4v) is 2.41. The Balaban J connectivity index is 1.74. The molecule has 0 unspecified atom stereocenters. The molecule has 0 saturated carbocycles. The van der Waals surface area contributed by atoms with Crippen molar-refractivity contribution in [2.75, 3.05) is 13.7 Å². The molecule has 2 rings (SSSR count). The molecule has 2 aromatic rings. The Kier molecular flexibility index (Phi) is 6.37. The number of hydrogen-bond acceptors (Lipinski definition) is 3. The molecule has 0 atom stereocenters. The zero-order valence-electron chi connectivity index (χ0n) is 13.6. The summed E-state index contributed by atoms with van der Waals surface area (Å²) >= 11 is 0. The van der Waals surface area contributed by atoms with Crippen molar-refractivity contribution < 1.29 is 19.4 Å². The summed E-state index contributed by atoms with van der Waals surface area (Å²) in [7, 11) is 1.62. The first-order chi connectivity index (χ1) is 11.6. The van der Waals surface area contributed by atoms with Gasteiger partial charge < -0.3 is 15.2 Å². The predicted octanol–water partition coefficient (Wildman–Crippen LogP) is 2.68. The van der Waals surface area contributed by atoms with E-state index in [1.165, 1.54) is 0 Å². The Bertz CT molecular complexity index is 695. The highest BCUT2D eigenvalue weighted by Gasteiger charge is 2.06. The predicted molar refractivity (Wildman–Crippen MR) is 91.4 cm³/mol. The fraction of sp³-hybridized carbons (Fsp3) is 0.263. The van der Waals surface area contributed by atoms with Crippen LogP contribution in [-0.4, -0.2) is 30.6 Å². The van der Waals surface area contributed by atoms with Gasteiger partial charge in [-0.25, -0.2) is 4.79 Å². The number of ether oxygens (including phenoxy) is 1. The lowest BCUT2D eigenvalue weighted by Gasteiger charge is -2.09. The highest BCUT2D eigenvalue weighted by Crippen LogP contribution is 2.18. The molecule has 0 aliphatic heterocycles. The minimum atomic E-state index is -0.939. The summed E-state index contributed by atoms with van der Waals surface area (Å²) in [5, 5.41) is 11.7. The first-order valence-electron chi connectivity index (χ1n) is 7.81. The second kappa shape index (κ2) is 8.72. The van der Waals surface area contributed by atoms with Crippen LogP contribution in [-0.2, 0) is 17.6 Å². The zero-order valence-corrected chi connectivity index (χ0v) is 13.6. The standard InChI is InChI=1S/C19H21NO4/c1-24-17-5-3-2-4-15(17)10-11-18(21)20-13-12-14-6-8-16(9-7-14)19(22)23/h2-9H,10-13H2,1H3,(H,20,21)(H,22,23). The molecule has 5 nitrogen and oxygen atoms in total. The number of aryl methyl sites for hydroxylation is 1. The maximum absolute atomic E-state index is 11.9. The summed E-state index contributed by atoms with van der Waals surface area (Å²) < 4.78 is 5.27. The van der Waals surface area contributed by atoms with E-state index in [0.29, 0.717) is 25.8 Å². The van der Waals surface area contributed by atoms with Crippen LogP contribution in [0, 0.1) is 0 Å². The van der Waals surface area contributed by atoms with Crippen molar-refractivity contribution in [2.45, 2.75) is 19.3 Å². The van der Waals surface area contributed by atoms with Gasteiger partial charge in [-0.05, 0) is 42.2 Å². The molecule has 0 aliphatic carbocycles. The number of carbonyl (C=O) groups is 2. The lowest BCUT2D eigenvalue weighted by Crippen LogP contribution is -2.25. The number of rotatable bonds is 8. The van der Waals surface area contributed by atoms with Crippen LogP contribution in [0.1, 0.15) is 27.9 Å². The van der Waals surface area contributed by atoms with Gasteiger partial charge in [-0.3, -0.25) is 4.79 Å². The maximum Gasteiger partial charge on any atom is 0.335 e. The van der Waals surface area contributed by atoms with Crippen LogP contribution in [0.15, 0.2) is 48.5 Å². The number of hydrogen-bond donors (Lipinski definition) is 2. The van der Waals surface area contributed by atoms with Gasteiger partial charge in [0.1, 0.15) is 5.75 Å². The van der Waals surface area contributed by atoms with E-state index in [4.69, 9.17) is 9.84 Å². The van der Waals surface area contributed by atoms with Gasteiger partial charge in [-0.15, -0.1) is 0 Å². The normalized spacial score (nSPS) is 10.2. The summed E-state index contributed by atoms with van der Waals surface area (Å²) in [6, 6.07) is 14.3. The van der Waals surface area contributed by atoms with Crippen LogP contribution in [0.5, 0.6) is 5.75 Å². The average Bonchev–Trinajstić information content (AvgIpc) is 2.60. The Morgan fingerprint density at radius 2 is 1.75 bits per heavy atom. The summed E-state index contributed by atoms with van der Waals surface area (Å²) in [6.07, 6.45) is 1.70. The van der Waals surface area contributed by atoms with E-state index in [0.717, 1.165) is 16.9 Å². The van der Waals surface area contributed by atoms with Crippen molar-refractivity contribution in [3.05, 3.63) is 65.2 Å². The average molecular weight is 327 g/mol. The molecule has 0 heterocycles. The number of amides is 1. The molecule has 126 valence electrons. The molecule has 0 aromatic heterocycles.